The summed E-state index contributed by atoms with van der Waals surface area (Å²) in [5, 5.41) is 15.0. The highest BCUT2D eigenvalue weighted by Gasteiger charge is 2.38. The monoisotopic (exact) mass is 818 g/mol. The van der Waals surface area contributed by atoms with E-state index in [9.17, 15) is 0 Å². The van der Waals surface area contributed by atoms with E-state index in [0.29, 0.717) is 0 Å². The molecule has 11 aromatic carbocycles. The van der Waals surface area contributed by atoms with Crippen LogP contribution in [0, 0.1) is 0 Å². The van der Waals surface area contributed by atoms with Crippen molar-refractivity contribution >= 4 is 96.5 Å². The Morgan fingerprint density at radius 1 is 0.381 bits per heavy atom. The van der Waals surface area contributed by atoms with Gasteiger partial charge in [-0.2, -0.15) is 0 Å². The number of benzene rings is 11. The fourth-order valence-electron chi connectivity index (χ4n) is 11.6. The van der Waals surface area contributed by atoms with Crippen LogP contribution in [0.2, 0.25) is 0 Å². The van der Waals surface area contributed by atoms with E-state index >= 15 is 0 Å². The Bertz CT molecular complexity index is 4060. The third-order valence-corrected chi connectivity index (χ3v) is 15.3. The van der Waals surface area contributed by atoms with Gasteiger partial charge in [0.1, 0.15) is 11.2 Å². The minimum atomic E-state index is -0.223. The van der Waals surface area contributed by atoms with Gasteiger partial charge in [0, 0.05) is 36.4 Å². The normalized spacial score (nSPS) is 13.4. The average molecular weight is 819 g/mol. The van der Waals surface area contributed by atoms with E-state index in [1.54, 1.807) is 0 Å². The molecule has 0 bridgehead atoms. The third kappa shape index (κ3) is 4.76. The highest BCUT2D eigenvalue weighted by atomic mass is 32.1. The highest BCUT2D eigenvalue weighted by Crippen LogP contribution is 2.56. The van der Waals surface area contributed by atoms with Crippen molar-refractivity contribution in [2.75, 3.05) is 0 Å². The average Bonchev–Trinajstić information content (AvgIpc) is 3.98. The molecule has 13 aromatic rings. The maximum absolute atomic E-state index is 6.66. The maximum atomic E-state index is 6.66. The lowest BCUT2D eigenvalue weighted by Gasteiger charge is -2.25. The molecular formula is C61H38OS. The second kappa shape index (κ2) is 12.8. The lowest BCUT2D eigenvalue weighted by atomic mass is 9.78. The first-order valence-electron chi connectivity index (χ1n) is 21.9. The Kier molecular flexibility index (Phi) is 7.12. The van der Waals surface area contributed by atoms with Crippen molar-refractivity contribution in [2.45, 2.75) is 19.3 Å². The molecule has 2 heteroatoms. The van der Waals surface area contributed by atoms with Gasteiger partial charge in [0.2, 0.25) is 0 Å². The molecule has 0 aliphatic heterocycles. The van der Waals surface area contributed by atoms with Gasteiger partial charge < -0.3 is 4.42 Å². The summed E-state index contributed by atoms with van der Waals surface area (Å²) in [4.78, 5) is 0. The summed E-state index contributed by atoms with van der Waals surface area (Å²) in [6.45, 7) is 4.84. The van der Waals surface area contributed by atoms with Crippen molar-refractivity contribution in [1.82, 2.24) is 0 Å². The Balaban J connectivity index is 0.991. The lowest BCUT2D eigenvalue weighted by Crippen LogP contribution is -2.16. The standard InChI is InChI=1S/C61H38OS/c1-61(2)51-31-29-36(55-42-21-7-9-23-44(42)56(45-24-10-8-22-43(45)55)40-25-13-16-35-15-3-4-17-37(35)40)33-50(51)47-27-14-26-46(59(47)61)49-34-54-57(41-20-6-5-18-38(41)49)58-53(63-54)32-30-48-39-19-11-12-28-52(39)62-60(48)58/h3-34H,1-2H3. The SMILES string of the molecule is CC1(C)c2ccc(-c3c4ccccc4c(-c4cccc5ccccc45)c4ccccc34)cc2-c2cccc(-c3cc4sc5ccc6c7ccccc7oc6c5c4c4ccccc34)c21. The largest absolute Gasteiger partial charge is 0.455 e. The summed E-state index contributed by atoms with van der Waals surface area (Å²) >= 11 is 1.87. The Morgan fingerprint density at radius 2 is 0.968 bits per heavy atom. The van der Waals surface area contributed by atoms with Crippen LogP contribution in [0.1, 0.15) is 25.0 Å². The van der Waals surface area contributed by atoms with Gasteiger partial charge in [-0.3, -0.25) is 0 Å². The van der Waals surface area contributed by atoms with Crippen molar-refractivity contribution in [3.63, 3.8) is 0 Å². The van der Waals surface area contributed by atoms with Crippen LogP contribution in [0.15, 0.2) is 199 Å². The Labute approximate surface area is 368 Å². The zero-order chi connectivity index (χ0) is 41.6. The van der Waals surface area contributed by atoms with E-state index in [1.807, 2.05) is 11.3 Å². The number of hydrogen-bond donors (Lipinski definition) is 0. The fourth-order valence-corrected chi connectivity index (χ4v) is 12.7. The summed E-state index contributed by atoms with van der Waals surface area (Å²) < 4.78 is 9.19. The molecule has 1 aliphatic carbocycles. The van der Waals surface area contributed by atoms with Crippen molar-refractivity contribution in [2.24, 2.45) is 0 Å². The fraction of sp³-hybridized carbons (Fsp3) is 0.0492. The summed E-state index contributed by atoms with van der Waals surface area (Å²) in [5.41, 5.74) is 14.8. The van der Waals surface area contributed by atoms with Crippen molar-refractivity contribution in [3.05, 3.63) is 205 Å². The molecule has 0 fully saturated rings. The molecule has 0 unspecified atom stereocenters. The molecule has 2 aromatic heterocycles. The molecule has 0 radical (unpaired) electrons. The molecule has 0 saturated heterocycles. The van der Waals surface area contributed by atoms with Gasteiger partial charge in [0.05, 0.1) is 0 Å². The van der Waals surface area contributed by atoms with Crippen LogP contribution in [0.3, 0.4) is 0 Å². The number of thiophene rings is 1. The van der Waals surface area contributed by atoms with Crippen LogP contribution < -0.4 is 0 Å². The number of para-hydroxylation sites is 1. The van der Waals surface area contributed by atoms with E-state index in [1.165, 1.54) is 130 Å². The van der Waals surface area contributed by atoms with E-state index in [-0.39, 0.29) is 5.41 Å². The first-order valence-corrected chi connectivity index (χ1v) is 22.7. The van der Waals surface area contributed by atoms with Crippen LogP contribution >= 0.6 is 11.3 Å². The van der Waals surface area contributed by atoms with Crippen molar-refractivity contribution in [3.8, 4) is 44.5 Å². The summed E-state index contributed by atoms with van der Waals surface area (Å²) in [5.74, 6) is 0. The van der Waals surface area contributed by atoms with E-state index in [2.05, 4.69) is 208 Å². The van der Waals surface area contributed by atoms with E-state index in [4.69, 9.17) is 4.42 Å². The van der Waals surface area contributed by atoms with Crippen LogP contribution in [-0.4, -0.2) is 0 Å². The van der Waals surface area contributed by atoms with Gasteiger partial charge in [-0.05, 0) is 129 Å². The second-order valence-corrected chi connectivity index (χ2v) is 18.9. The van der Waals surface area contributed by atoms with Gasteiger partial charge in [0.15, 0.2) is 0 Å². The molecule has 0 amide bonds. The molecule has 0 saturated carbocycles. The third-order valence-electron chi connectivity index (χ3n) is 14.2. The molecule has 14 rings (SSSR count). The summed E-state index contributed by atoms with van der Waals surface area (Å²) in [6.07, 6.45) is 0. The van der Waals surface area contributed by atoms with Crippen LogP contribution in [-0.2, 0) is 5.41 Å². The molecular weight excluding hydrogens is 781 g/mol. The smallest absolute Gasteiger partial charge is 0.144 e. The maximum Gasteiger partial charge on any atom is 0.144 e. The first kappa shape index (κ1) is 35.1. The summed E-state index contributed by atoms with van der Waals surface area (Å²) in [7, 11) is 0. The summed E-state index contributed by atoms with van der Waals surface area (Å²) in [6, 6.07) is 72.2. The zero-order valence-corrected chi connectivity index (χ0v) is 35.6. The van der Waals surface area contributed by atoms with Gasteiger partial charge in [-0.1, -0.05) is 178 Å². The number of rotatable bonds is 3. The number of hydrogen-bond acceptors (Lipinski definition) is 2. The predicted octanol–water partition coefficient (Wildman–Crippen LogP) is 17.9. The second-order valence-electron chi connectivity index (χ2n) is 17.8. The van der Waals surface area contributed by atoms with Crippen LogP contribution in [0.5, 0.6) is 0 Å². The van der Waals surface area contributed by atoms with Gasteiger partial charge >= 0.3 is 0 Å². The molecule has 1 aliphatic rings. The quantitative estimate of drug-likeness (QED) is 0.162. The highest BCUT2D eigenvalue weighted by molar-refractivity contribution is 7.26. The van der Waals surface area contributed by atoms with Gasteiger partial charge in [-0.15, -0.1) is 11.3 Å². The molecule has 294 valence electrons. The van der Waals surface area contributed by atoms with E-state index in [0.717, 1.165) is 11.2 Å². The molecule has 0 atom stereocenters. The van der Waals surface area contributed by atoms with Crippen LogP contribution in [0.4, 0.5) is 0 Å². The van der Waals surface area contributed by atoms with Gasteiger partial charge in [-0.25, -0.2) is 0 Å². The molecule has 0 N–H and O–H groups in total. The topological polar surface area (TPSA) is 13.1 Å². The lowest BCUT2D eigenvalue weighted by molar-refractivity contribution is 0.662. The molecule has 63 heavy (non-hydrogen) atoms. The van der Waals surface area contributed by atoms with Gasteiger partial charge in [0.25, 0.3) is 0 Å². The van der Waals surface area contributed by atoms with Crippen molar-refractivity contribution in [1.29, 1.82) is 0 Å². The van der Waals surface area contributed by atoms with Crippen LogP contribution in [0.25, 0.3) is 130 Å². The minimum Gasteiger partial charge on any atom is -0.455 e. The Hall–Kier alpha value is -7.52. The van der Waals surface area contributed by atoms with E-state index < -0.39 is 0 Å². The first-order chi connectivity index (χ1) is 31.0. The zero-order valence-electron chi connectivity index (χ0n) is 34.8. The molecule has 1 nitrogen and oxygen atoms in total. The molecule has 0 spiro atoms. The molecule has 2 heterocycles. The minimum absolute atomic E-state index is 0.223. The Morgan fingerprint density at radius 3 is 1.73 bits per heavy atom. The predicted molar refractivity (Wildman–Crippen MR) is 271 cm³/mol. The number of furan rings is 1. The number of fused-ring (bicyclic) bond motifs is 15. The van der Waals surface area contributed by atoms with Crippen molar-refractivity contribution < 1.29 is 4.42 Å².